The highest BCUT2D eigenvalue weighted by molar-refractivity contribution is 7.92. The number of hydrogen-bond donors (Lipinski definition) is 0. The molecule has 0 aromatic heterocycles. The van der Waals surface area contributed by atoms with Crippen LogP contribution in [0.15, 0.2) is 29.2 Å². The summed E-state index contributed by atoms with van der Waals surface area (Å²) in [7, 11) is -2.07. The van der Waals surface area contributed by atoms with Gasteiger partial charge in [0.05, 0.1) is 4.90 Å². The Balaban J connectivity index is 2.11. The molecular formula is C12H14FNO3S. The molecule has 1 aliphatic carbocycles. The minimum absolute atomic E-state index is 0.0264. The highest BCUT2D eigenvalue weighted by Crippen LogP contribution is 2.25. The maximum Gasteiger partial charge on any atom is 0.238 e. The van der Waals surface area contributed by atoms with E-state index in [9.17, 15) is 17.6 Å². The average molecular weight is 271 g/mol. The normalized spacial score (nSPS) is 15.4. The summed E-state index contributed by atoms with van der Waals surface area (Å²) in [5, 5.41) is 0. The van der Waals surface area contributed by atoms with E-state index in [0.717, 1.165) is 25.0 Å². The predicted molar refractivity (Wildman–Crippen MR) is 64.2 cm³/mol. The molecule has 2 rings (SSSR count). The zero-order valence-corrected chi connectivity index (χ0v) is 10.8. The van der Waals surface area contributed by atoms with Gasteiger partial charge in [0.2, 0.25) is 5.91 Å². The Bertz CT molecular complexity index is 549. The molecule has 18 heavy (non-hydrogen) atoms. The highest BCUT2D eigenvalue weighted by atomic mass is 32.2. The SMILES string of the molecule is CN(C(=O)CS(=O)(=O)c1ccc(F)cc1)C1CC1. The van der Waals surface area contributed by atoms with Crippen molar-refractivity contribution in [1.29, 1.82) is 0 Å². The van der Waals surface area contributed by atoms with Gasteiger partial charge in [-0.2, -0.15) is 0 Å². The Morgan fingerprint density at radius 2 is 1.89 bits per heavy atom. The molecular weight excluding hydrogens is 257 g/mol. The number of rotatable bonds is 4. The molecule has 0 bridgehead atoms. The Hall–Kier alpha value is -1.43. The molecule has 0 radical (unpaired) electrons. The van der Waals surface area contributed by atoms with Crippen molar-refractivity contribution in [1.82, 2.24) is 4.90 Å². The van der Waals surface area contributed by atoms with Crippen LogP contribution in [0.3, 0.4) is 0 Å². The maximum atomic E-state index is 12.7. The van der Waals surface area contributed by atoms with E-state index in [2.05, 4.69) is 0 Å². The lowest BCUT2D eigenvalue weighted by Crippen LogP contribution is -2.34. The van der Waals surface area contributed by atoms with E-state index in [-0.39, 0.29) is 10.9 Å². The molecule has 1 aromatic rings. The summed E-state index contributed by atoms with van der Waals surface area (Å²) in [5.74, 6) is -1.48. The second kappa shape index (κ2) is 4.68. The van der Waals surface area contributed by atoms with Gasteiger partial charge in [0.1, 0.15) is 11.6 Å². The summed E-state index contributed by atoms with van der Waals surface area (Å²) in [6.07, 6.45) is 1.86. The lowest BCUT2D eigenvalue weighted by molar-refractivity contribution is -0.127. The van der Waals surface area contributed by atoms with E-state index in [1.54, 1.807) is 7.05 Å². The number of nitrogens with zero attached hydrogens (tertiary/aromatic N) is 1. The van der Waals surface area contributed by atoms with Crippen LogP contribution in [0.2, 0.25) is 0 Å². The zero-order chi connectivity index (χ0) is 13.3. The Kier molecular flexibility index (Phi) is 3.38. The van der Waals surface area contributed by atoms with Crippen LogP contribution in [0, 0.1) is 5.82 Å². The second-order valence-corrected chi connectivity index (χ2v) is 6.44. The topological polar surface area (TPSA) is 54.5 Å². The smallest absolute Gasteiger partial charge is 0.238 e. The molecule has 1 amide bonds. The molecule has 0 aliphatic heterocycles. The van der Waals surface area contributed by atoms with Crippen molar-refractivity contribution < 1.29 is 17.6 Å². The maximum absolute atomic E-state index is 12.7. The van der Waals surface area contributed by atoms with Crippen LogP contribution in [0.5, 0.6) is 0 Å². The number of halogens is 1. The lowest BCUT2D eigenvalue weighted by Gasteiger charge is -2.16. The van der Waals surface area contributed by atoms with E-state index < -0.39 is 27.3 Å². The number of benzene rings is 1. The standard InChI is InChI=1S/C12H14FNO3S/c1-14(10-4-5-10)12(15)8-18(16,17)11-6-2-9(13)3-7-11/h2-3,6-7,10H,4-5,8H2,1H3. The van der Waals surface area contributed by atoms with Crippen molar-refractivity contribution in [3.8, 4) is 0 Å². The predicted octanol–water partition coefficient (Wildman–Crippen LogP) is 1.22. The first-order chi connectivity index (χ1) is 8.40. The molecule has 4 nitrogen and oxygen atoms in total. The van der Waals surface area contributed by atoms with Crippen LogP contribution in [0.25, 0.3) is 0 Å². The third-order valence-corrected chi connectivity index (χ3v) is 4.59. The van der Waals surface area contributed by atoms with Crippen LogP contribution >= 0.6 is 0 Å². The summed E-state index contributed by atoms with van der Waals surface area (Å²) in [6, 6.07) is 4.68. The van der Waals surface area contributed by atoms with Gasteiger partial charge in [-0.3, -0.25) is 4.79 Å². The molecule has 0 saturated heterocycles. The van der Waals surface area contributed by atoms with Crippen LogP contribution in [0.4, 0.5) is 4.39 Å². The molecule has 6 heteroatoms. The number of amides is 1. The van der Waals surface area contributed by atoms with E-state index in [1.165, 1.54) is 17.0 Å². The molecule has 0 atom stereocenters. The first kappa shape index (κ1) is 13.0. The minimum Gasteiger partial charge on any atom is -0.342 e. The van der Waals surface area contributed by atoms with Crippen molar-refractivity contribution in [2.45, 2.75) is 23.8 Å². The molecule has 1 fully saturated rings. The van der Waals surface area contributed by atoms with E-state index in [0.29, 0.717) is 0 Å². The summed E-state index contributed by atoms with van der Waals surface area (Å²) in [4.78, 5) is 13.2. The Labute approximate surface area is 105 Å². The zero-order valence-electron chi connectivity index (χ0n) is 9.97. The summed E-state index contributed by atoms with van der Waals surface area (Å²) < 4.78 is 36.6. The van der Waals surface area contributed by atoms with Gasteiger partial charge < -0.3 is 4.90 Å². The monoisotopic (exact) mass is 271 g/mol. The number of carbonyl (C=O) groups excluding carboxylic acids is 1. The third-order valence-electron chi connectivity index (χ3n) is 2.97. The largest absolute Gasteiger partial charge is 0.342 e. The van der Waals surface area contributed by atoms with E-state index >= 15 is 0 Å². The van der Waals surface area contributed by atoms with Crippen molar-refractivity contribution in [3.05, 3.63) is 30.1 Å². The van der Waals surface area contributed by atoms with Gasteiger partial charge in [-0.05, 0) is 37.1 Å². The van der Waals surface area contributed by atoms with Crippen molar-refractivity contribution in [2.24, 2.45) is 0 Å². The molecule has 98 valence electrons. The van der Waals surface area contributed by atoms with Crippen molar-refractivity contribution in [3.63, 3.8) is 0 Å². The van der Waals surface area contributed by atoms with Crippen molar-refractivity contribution >= 4 is 15.7 Å². The Morgan fingerprint density at radius 3 is 2.39 bits per heavy atom. The highest BCUT2D eigenvalue weighted by Gasteiger charge is 2.31. The van der Waals surface area contributed by atoms with E-state index in [4.69, 9.17) is 0 Å². The average Bonchev–Trinajstić information content (AvgIpc) is 3.11. The summed E-state index contributed by atoms with van der Waals surface area (Å²) in [5.41, 5.74) is 0. The number of hydrogen-bond acceptors (Lipinski definition) is 3. The second-order valence-electron chi connectivity index (χ2n) is 4.45. The molecule has 1 aromatic carbocycles. The van der Waals surface area contributed by atoms with Crippen molar-refractivity contribution in [2.75, 3.05) is 12.8 Å². The third kappa shape index (κ3) is 2.87. The molecule has 0 N–H and O–H groups in total. The van der Waals surface area contributed by atoms with Gasteiger partial charge >= 0.3 is 0 Å². The molecule has 1 aliphatic rings. The van der Waals surface area contributed by atoms with Crippen LogP contribution in [-0.2, 0) is 14.6 Å². The van der Waals surface area contributed by atoms with Crippen LogP contribution < -0.4 is 0 Å². The fraction of sp³-hybridized carbons (Fsp3) is 0.417. The Morgan fingerprint density at radius 1 is 1.33 bits per heavy atom. The molecule has 1 saturated carbocycles. The van der Waals surface area contributed by atoms with Crippen LogP contribution in [-0.4, -0.2) is 38.1 Å². The van der Waals surface area contributed by atoms with Gasteiger partial charge in [0, 0.05) is 13.1 Å². The van der Waals surface area contributed by atoms with Gasteiger partial charge in [-0.25, -0.2) is 12.8 Å². The van der Waals surface area contributed by atoms with E-state index in [1.807, 2.05) is 0 Å². The molecule has 0 spiro atoms. The fourth-order valence-corrected chi connectivity index (χ4v) is 2.90. The summed E-state index contributed by atoms with van der Waals surface area (Å²) >= 11 is 0. The molecule has 0 unspecified atom stereocenters. The van der Waals surface area contributed by atoms with Gasteiger partial charge in [0.15, 0.2) is 9.84 Å². The lowest BCUT2D eigenvalue weighted by atomic mass is 10.4. The fourth-order valence-electron chi connectivity index (χ4n) is 1.66. The molecule has 0 heterocycles. The first-order valence-corrected chi connectivity index (χ1v) is 7.29. The van der Waals surface area contributed by atoms with Crippen LogP contribution in [0.1, 0.15) is 12.8 Å². The number of sulfone groups is 1. The quantitative estimate of drug-likeness (QED) is 0.774. The minimum atomic E-state index is -3.68. The first-order valence-electron chi connectivity index (χ1n) is 5.64. The summed E-state index contributed by atoms with van der Waals surface area (Å²) in [6.45, 7) is 0. The number of carbonyl (C=O) groups is 1. The van der Waals surface area contributed by atoms with Gasteiger partial charge in [-0.1, -0.05) is 0 Å². The van der Waals surface area contributed by atoms with Gasteiger partial charge in [0.25, 0.3) is 0 Å². The van der Waals surface area contributed by atoms with Gasteiger partial charge in [-0.15, -0.1) is 0 Å².